The zero-order valence-electron chi connectivity index (χ0n) is 14.7. The van der Waals surface area contributed by atoms with Gasteiger partial charge in [0.25, 0.3) is 0 Å². The third-order valence-electron chi connectivity index (χ3n) is 3.99. The summed E-state index contributed by atoms with van der Waals surface area (Å²) in [4.78, 5) is 4.52. The first-order chi connectivity index (χ1) is 11.6. The maximum absolute atomic E-state index is 5.22. The first-order valence-electron chi connectivity index (χ1n) is 8.36. The van der Waals surface area contributed by atoms with E-state index < -0.39 is 0 Å². The molecule has 5 nitrogen and oxygen atoms in total. The summed E-state index contributed by atoms with van der Waals surface area (Å²) < 4.78 is 7.28. The largest absolute Gasteiger partial charge is 0.497 e. The maximum atomic E-state index is 5.22. The van der Waals surface area contributed by atoms with Gasteiger partial charge in [-0.3, -0.25) is 4.68 Å². The number of methoxy groups -OCH3 is 1. The Morgan fingerprint density at radius 1 is 1.17 bits per heavy atom. The fraction of sp³-hybridized carbons (Fsp3) is 0.368. The number of pyridine rings is 1. The van der Waals surface area contributed by atoms with Crippen molar-refractivity contribution in [3.05, 3.63) is 47.8 Å². The summed E-state index contributed by atoms with van der Waals surface area (Å²) in [6.45, 7) is 7.10. The van der Waals surface area contributed by atoms with Gasteiger partial charge in [0.05, 0.1) is 30.3 Å². The Morgan fingerprint density at radius 3 is 2.54 bits per heavy atom. The number of nitrogens with one attached hydrogen (secondary N) is 1. The van der Waals surface area contributed by atoms with Crippen molar-refractivity contribution in [2.75, 3.05) is 12.4 Å². The lowest BCUT2D eigenvalue weighted by Crippen LogP contribution is -2.11. The number of aryl methyl sites for hydroxylation is 1. The third kappa shape index (κ3) is 3.20. The fourth-order valence-corrected chi connectivity index (χ4v) is 2.86. The maximum Gasteiger partial charge on any atom is 0.137 e. The van der Waals surface area contributed by atoms with E-state index in [1.807, 2.05) is 24.4 Å². The Morgan fingerprint density at radius 2 is 1.92 bits per heavy atom. The van der Waals surface area contributed by atoms with Crippen molar-refractivity contribution in [2.24, 2.45) is 0 Å². The lowest BCUT2D eigenvalue weighted by Gasteiger charge is -2.10. The van der Waals surface area contributed by atoms with E-state index in [1.165, 1.54) is 5.56 Å². The van der Waals surface area contributed by atoms with E-state index >= 15 is 0 Å². The molecule has 0 spiro atoms. The molecule has 0 radical (unpaired) electrons. The molecule has 0 fully saturated rings. The highest BCUT2D eigenvalue weighted by Crippen LogP contribution is 2.27. The Labute approximate surface area is 142 Å². The molecule has 24 heavy (non-hydrogen) atoms. The second-order valence-electron chi connectivity index (χ2n) is 6.16. The summed E-state index contributed by atoms with van der Waals surface area (Å²) in [5.74, 6) is 1.78. The van der Waals surface area contributed by atoms with Crippen LogP contribution in [0.15, 0.2) is 36.5 Å². The zero-order valence-corrected chi connectivity index (χ0v) is 14.7. The SMILES string of the molecule is CCc1nn(Cc2ccc(OC)cc2)c2ccnc(NC(C)C)c12. The molecular weight excluding hydrogens is 300 g/mol. The minimum Gasteiger partial charge on any atom is -0.497 e. The highest BCUT2D eigenvalue weighted by Gasteiger charge is 2.15. The normalized spacial score (nSPS) is 11.2. The molecule has 0 amide bonds. The van der Waals surface area contributed by atoms with Crippen molar-refractivity contribution in [3.63, 3.8) is 0 Å². The van der Waals surface area contributed by atoms with Crippen molar-refractivity contribution >= 4 is 16.7 Å². The minimum atomic E-state index is 0.331. The molecule has 0 atom stereocenters. The number of fused-ring (bicyclic) bond motifs is 1. The van der Waals surface area contributed by atoms with Crippen molar-refractivity contribution in [1.29, 1.82) is 0 Å². The van der Waals surface area contributed by atoms with Crippen molar-refractivity contribution in [3.8, 4) is 5.75 Å². The first-order valence-corrected chi connectivity index (χ1v) is 8.36. The van der Waals surface area contributed by atoms with Gasteiger partial charge < -0.3 is 10.1 Å². The van der Waals surface area contributed by atoms with Crippen LogP contribution < -0.4 is 10.1 Å². The molecule has 0 aliphatic rings. The lowest BCUT2D eigenvalue weighted by atomic mass is 10.2. The van der Waals surface area contributed by atoms with Gasteiger partial charge in [0.2, 0.25) is 0 Å². The van der Waals surface area contributed by atoms with Crippen LogP contribution in [0.4, 0.5) is 5.82 Å². The average Bonchev–Trinajstić information content (AvgIpc) is 2.94. The first kappa shape index (κ1) is 16.3. The predicted octanol–water partition coefficient (Wildman–Crippen LogP) is 3.87. The zero-order chi connectivity index (χ0) is 17.1. The topological polar surface area (TPSA) is 52.0 Å². The van der Waals surface area contributed by atoms with E-state index in [4.69, 9.17) is 9.84 Å². The number of rotatable bonds is 6. The van der Waals surface area contributed by atoms with Gasteiger partial charge >= 0.3 is 0 Å². The van der Waals surface area contributed by atoms with Gasteiger partial charge in [-0.05, 0) is 44.0 Å². The number of hydrogen-bond acceptors (Lipinski definition) is 4. The average molecular weight is 324 g/mol. The molecule has 2 aromatic heterocycles. The number of ether oxygens (including phenoxy) is 1. The second-order valence-corrected chi connectivity index (χ2v) is 6.16. The van der Waals surface area contributed by atoms with Gasteiger partial charge in [-0.2, -0.15) is 5.10 Å². The Balaban J connectivity index is 2.01. The van der Waals surface area contributed by atoms with Crippen molar-refractivity contribution in [1.82, 2.24) is 14.8 Å². The van der Waals surface area contributed by atoms with E-state index in [1.54, 1.807) is 7.11 Å². The number of aromatic nitrogens is 3. The van der Waals surface area contributed by atoms with Gasteiger partial charge in [0, 0.05) is 12.2 Å². The third-order valence-corrected chi connectivity index (χ3v) is 3.99. The van der Waals surface area contributed by atoms with Crippen LogP contribution in [0, 0.1) is 0 Å². The molecule has 0 saturated carbocycles. The van der Waals surface area contributed by atoms with Gasteiger partial charge in [-0.15, -0.1) is 0 Å². The van der Waals surface area contributed by atoms with E-state index in [0.717, 1.165) is 41.1 Å². The number of benzene rings is 1. The highest BCUT2D eigenvalue weighted by atomic mass is 16.5. The summed E-state index contributed by atoms with van der Waals surface area (Å²) in [6.07, 6.45) is 2.73. The molecule has 0 saturated heterocycles. The standard InChI is InChI=1S/C19H24N4O/c1-5-16-18-17(10-11-20-19(18)21-13(2)3)23(22-16)12-14-6-8-15(24-4)9-7-14/h6-11,13H,5,12H2,1-4H3,(H,20,21). The molecule has 0 aliphatic carbocycles. The van der Waals surface area contributed by atoms with Gasteiger partial charge in [-0.25, -0.2) is 4.98 Å². The van der Waals surface area contributed by atoms with E-state index in [0.29, 0.717) is 6.04 Å². The number of anilines is 1. The van der Waals surface area contributed by atoms with Gasteiger partial charge in [-0.1, -0.05) is 19.1 Å². The summed E-state index contributed by atoms with van der Waals surface area (Å²) in [5, 5.41) is 9.38. The Bertz CT molecular complexity index is 821. The van der Waals surface area contributed by atoms with Gasteiger partial charge in [0.15, 0.2) is 0 Å². The Kier molecular flexibility index (Phi) is 4.69. The molecule has 2 heterocycles. The van der Waals surface area contributed by atoms with Crippen molar-refractivity contribution < 1.29 is 4.74 Å². The van der Waals surface area contributed by atoms with Crippen LogP contribution in [0.2, 0.25) is 0 Å². The molecule has 3 rings (SSSR count). The summed E-state index contributed by atoms with van der Waals surface area (Å²) in [6, 6.07) is 10.5. The van der Waals surface area contributed by atoms with Crippen LogP contribution in [0.25, 0.3) is 10.9 Å². The highest BCUT2D eigenvalue weighted by molar-refractivity contribution is 5.92. The number of nitrogens with zero attached hydrogens (tertiary/aromatic N) is 3. The van der Waals surface area contributed by atoms with Crippen LogP contribution in [-0.4, -0.2) is 27.9 Å². The predicted molar refractivity (Wildman–Crippen MR) is 97.8 cm³/mol. The van der Waals surface area contributed by atoms with Crippen LogP contribution in [0.3, 0.4) is 0 Å². The van der Waals surface area contributed by atoms with Crippen LogP contribution in [0.5, 0.6) is 5.75 Å². The summed E-state index contributed by atoms with van der Waals surface area (Å²) >= 11 is 0. The smallest absolute Gasteiger partial charge is 0.137 e. The minimum absolute atomic E-state index is 0.331. The van der Waals surface area contributed by atoms with Gasteiger partial charge in [0.1, 0.15) is 11.6 Å². The van der Waals surface area contributed by atoms with Crippen LogP contribution in [0.1, 0.15) is 32.0 Å². The molecule has 1 N–H and O–H groups in total. The molecule has 1 aromatic carbocycles. The fourth-order valence-electron chi connectivity index (χ4n) is 2.86. The summed E-state index contributed by atoms with van der Waals surface area (Å²) in [7, 11) is 1.68. The molecule has 3 aromatic rings. The molecule has 5 heteroatoms. The molecule has 0 unspecified atom stereocenters. The van der Waals surface area contributed by atoms with E-state index in [9.17, 15) is 0 Å². The molecule has 126 valence electrons. The number of hydrogen-bond donors (Lipinski definition) is 1. The lowest BCUT2D eigenvalue weighted by molar-refractivity contribution is 0.414. The quantitative estimate of drug-likeness (QED) is 0.748. The second kappa shape index (κ2) is 6.91. The molecular formula is C19H24N4O. The molecule has 0 bridgehead atoms. The van der Waals surface area contributed by atoms with Crippen molar-refractivity contribution in [2.45, 2.75) is 39.8 Å². The monoisotopic (exact) mass is 324 g/mol. The molecule has 0 aliphatic heterocycles. The summed E-state index contributed by atoms with van der Waals surface area (Å²) in [5.41, 5.74) is 3.38. The van der Waals surface area contributed by atoms with E-state index in [-0.39, 0.29) is 0 Å². The van der Waals surface area contributed by atoms with Crippen LogP contribution in [-0.2, 0) is 13.0 Å². The van der Waals surface area contributed by atoms with E-state index in [2.05, 4.69) is 47.9 Å². The Hall–Kier alpha value is -2.56. The van der Waals surface area contributed by atoms with Crippen LogP contribution >= 0.6 is 0 Å².